The molecule has 0 aromatic carbocycles. The van der Waals surface area contributed by atoms with E-state index in [0.717, 1.165) is 32.4 Å². The van der Waals surface area contributed by atoms with Gasteiger partial charge in [-0.05, 0) is 135 Å². The van der Waals surface area contributed by atoms with Crippen LogP contribution in [0.1, 0.15) is 209 Å². The Balaban J connectivity index is 1.23. The second-order valence-corrected chi connectivity index (χ2v) is 26.5. The van der Waals surface area contributed by atoms with E-state index in [1.165, 1.54) is 179 Å². The number of fused-ring (bicyclic) bond motifs is 3. The fraction of sp³-hybridized carbons (Fsp3) is 0.509. The van der Waals surface area contributed by atoms with Crippen LogP contribution in [0, 0.1) is 0 Å². The first-order chi connectivity index (χ1) is 33.6. The predicted octanol–water partition coefficient (Wildman–Crippen LogP) is 19.2. The lowest BCUT2D eigenvalue weighted by Crippen LogP contribution is -2.27. The van der Waals surface area contributed by atoms with E-state index < -0.39 is 0 Å². The second-order valence-electron chi connectivity index (χ2n) is 18.7. The molecule has 0 unspecified atom stereocenters. The highest BCUT2D eigenvalue weighted by molar-refractivity contribution is 8.27. The van der Waals surface area contributed by atoms with Crippen LogP contribution in [0.3, 0.4) is 0 Å². The average molecular weight is 1070 g/mol. The number of carbonyl (C=O) groups is 2. The van der Waals surface area contributed by atoms with Crippen molar-refractivity contribution in [2.45, 2.75) is 175 Å². The Morgan fingerprint density at radius 1 is 0.478 bits per heavy atom. The molecule has 69 heavy (non-hydrogen) atoms. The topological polar surface area (TPSA) is 40.6 Å². The van der Waals surface area contributed by atoms with Crippen molar-refractivity contribution in [3.63, 3.8) is 0 Å². The van der Waals surface area contributed by atoms with E-state index in [9.17, 15) is 9.59 Å². The van der Waals surface area contributed by atoms with Gasteiger partial charge in [0.15, 0.2) is 0 Å². The number of thioether (sulfide) groups is 2. The number of aryl methyl sites for hydroxylation is 2. The van der Waals surface area contributed by atoms with Gasteiger partial charge >= 0.3 is 0 Å². The third kappa shape index (κ3) is 13.2. The Morgan fingerprint density at radius 3 is 1.23 bits per heavy atom. The van der Waals surface area contributed by atoms with Crippen molar-refractivity contribution in [1.82, 2.24) is 9.80 Å². The largest absolute Gasteiger partial charge is 0.293 e. The van der Waals surface area contributed by atoms with Crippen LogP contribution >= 0.6 is 93.3 Å². The molecule has 2 saturated heterocycles. The standard InChI is InChI=1S/C57H72N2O2S8/c1-7-13-17-21-25-39-33-43(37-49-53(60)58(11-5)55(62)68-49)64-47(39)29-27-41-35-45-51(66-41)52-46(57(45,31-23-19-15-9-3)32-24-20-16-10-4)36-42(67-52)28-30-48-40(26-22-18-14-8-2)34-44(65-48)38-50-54(61)59(12-6)56(63)69-50/h27-30,33-38H,7-26,31-32H2,1-6H3/b29-27+,30-28+,49-37-,50-38+. The second kappa shape index (κ2) is 26.5. The lowest BCUT2D eigenvalue weighted by Gasteiger charge is -2.31. The molecule has 2 fully saturated rings. The summed E-state index contributed by atoms with van der Waals surface area (Å²) in [7, 11) is 0. The number of likely N-dealkylation sites (N-methyl/N-ethyl adjacent to an activating group) is 2. The van der Waals surface area contributed by atoms with Gasteiger partial charge in [0.2, 0.25) is 0 Å². The lowest BCUT2D eigenvalue weighted by atomic mass is 9.71. The van der Waals surface area contributed by atoms with E-state index in [-0.39, 0.29) is 17.2 Å². The smallest absolute Gasteiger partial charge is 0.266 e. The fourth-order valence-electron chi connectivity index (χ4n) is 9.90. The van der Waals surface area contributed by atoms with Gasteiger partial charge in [-0.3, -0.25) is 19.4 Å². The van der Waals surface area contributed by atoms with Crippen LogP contribution in [0.2, 0.25) is 0 Å². The van der Waals surface area contributed by atoms with Crippen LogP contribution in [-0.4, -0.2) is 43.3 Å². The molecule has 0 N–H and O–H groups in total. The molecule has 0 bridgehead atoms. The molecule has 4 nitrogen and oxygen atoms in total. The average Bonchev–Trinajstić information content (AvgIpc) is 4.21. The molecule has 0 atom stereocenters. The minimum absolute atomic E-state index is 0.0215. The first-order valence-corrected chi connectivity index (χ1v) is 31.7. The normalized spacial score (nSPS) is 17.0. The van der Waals surface area contributed by atoms with Gasteiger partial charge in [0.1, 0.15) is 8.64 Å². The highest BCUT2D eigenvalue weighted by Gasteiger charge is 2.45. The molecule has 2 amide bonds. The third-order valence-electron chi connectivity index (χ3n) is 13.7. The zero-order valence-corrected chi connectivity index (χ0v) is 48.3. The van der Waals surface area contributed by atoms with Crippen molar-refractivity contribution in [1.29, 1.82) is 0 Å². The SMILES string of the molecule is CCCCCCc1cc(/C=C2\SC(=S)N(CC)C2=O)sc1/C=C/c1cc2c(s1)-c1sc(/C=C/c3sc(/C=C4/SC(=S)N(CC)C4=O)cc3CCCCCC)cc1C2(CCCCCC)CCCCCC. The molecule has 0 radical (unpaired) electrons. The van der Waals surface area contributed by atoms with Crippen LogP contribution in [0.5, 0.6) is 0 Å². The molecule has 3 aliphatic rings. The van der Waals surface area contributed by atoms with Crippen LogP contribution < -0.4 is 0 Å². The maximum absolute atomic E-state index is 13.2. The maximum Gasteiger partial charge on any atom is 0.266 e. The van der Waals surface area contributed by atoms with E-state index in [4.69, 9.17) is 24.4 Å². The van der Waals surface area contributed by atoms with Crippen molar-refractivity contribution >= 4 is 150 Å². The number of hydrogen-bond acceptors (Lipinski definition) is 10. The molecule has 0 spiro atoms. The highest BCUT2D eigenvalue weighted by atomic mass is 32.2. The summed E-state index contributed by atoms with van der Waals surface area (Å²) in [6, 6.07) is 9.78. The molecule has 0 saturated carbocycles. The summed E-state index contributed by atoms with van der Waals surface area (Å²) in [6.45, 7) is 14.4. The Hall–Kier alpha value is -2.42. The summed E-state index contributed by atoms with van der Waals surface area (Å²) in [5.41, 5.74) is 5.90. The zero-order valence-electron chi connectivity index (χ0n) is 41.8. The van der Waals surface area contributed by atoms with Crippen molar-refractivity contribution < 1.29 is 9.59 Å². The van der Waals surface area contributed by atoms with E-state index >= 15 is 0 Å². The van der Waals surface area contributed by atoms with Gasteiger partial charge in [0.05, 0.1) is 9.81 Å². The van der Waals surface area contributed by atoms with Crippen LogP contribution in [-0.2, 0) is 27.8 Å². The Bertz CT molecular complexity index is 2380. The highest BCUT2D eigenvalue weighted by Crippen LogP contribution is 2.60. The minimum atomic E-state index is 0.0215. The van der Waals surface area contributed by atoms with Crippen molar-refractivity contribution in [2.24, 2.45) is 0 Å². The van der Waals surface area contributed by atoms with E-state index in [1.54, 1.807) is 43.6 Å². The number of nitrogens with zero attached hydrogens (tertiary/aromatic N) is 2. The Morgan fingerprint density at radius 2 is 0.870 bits per heavy atom. The summed E-state index contributed by atoms with van der Waals surface area (Å²) in [5, 5.41) is 0. The van der Waals surface area contributed by atoms with E-state index in [2.05, 4.69) is 88.4 Å². The van der Waals surface area contributed by atoms with E-state index in [1.807, 2.05) is 36.5 Å². The molecule has 4 aromatic heterocycles. The fourth-order valence-corrected chi connectivity index (χ4v) is 17.4. The van der Waals surface area contributed by atoms with Crippen molar-refractivity contribution in [2.75, 3.05) is 13.1 Å². The number of rotatable bonds is 28. The molecule has 6 heterocycles. The van der Waals surface area contributed by atoms with Crippen molar-refractivity contribution in [3.05, 3.63) is 85.6 Å². The minimum Gasteiger partial charge on any atom is -0.293 e. The van der Waals surface area contributed by atoms with Crippen LogP contribution in [0.25, 0.3) is 46.2 Å². The van der Waals surface area contributed by atoms with Crippen molar-refractivity contribution in [3.8, 4) is 9.75 Å². The molecular formula is C57H72N2O2S8. The number of carbonyl (C=O) groups excluding carboxylic acids is 2. The van der Waals surface area contributed by atoms with Crippen LogP contribution in [0.4, 0.5) is 0 Å². The first kappa shape index (κ1) is 54.4. The molecule has 2 aliphatic heterocycles. The molecular weight excluding hydrogens is 1000 g/mol. The van der Waals surface area contributed by atoms with E-state index in [0.29, 0.717) is 21.7 Å². The first-order valence-electron chi connectivity index (χ1n) is 26.0. The molecule has 4 aromatic rings. The third-order valence-corrected chi connectivity index (χ3v) is 21.0. The molecule has 7 rings (SSSR count). The number of hydrogen-bond donors (Lipinski definition) is 0. The van der Waals surface area contributed by atoms with Gasteiger partial charge < -0.3 is 0 Å². The summed E-state index contributed by atoms with van der Waals surface area (Å²) in [6.07, 6.45) is 38.0. The van der Waals surface area contributed by atoms with Gasteiger partial charge in [0, 0.05) is 57.5 Å². The van der Waals surface area contributed by atoms with Gasteiger partial charge in [-0.1, -0.05) is 166 Å². The summed E-state index contributed by atoms with van der Waals surface area (Å²) in [4.78, 5) is 41.7. The monoisotopic (exact) mass is 1070 g/mol. The Kier molecular flexibility index (Phi) is 20.9. The van der Waals surface area contributed by atoms with Gasteiger partial charge in [-0.2, -0.15) is 0 Å². The summed E-state index contributed by atoms with van der Waals surface area (Å²) in [5.74, 6) is 0.0524. The summed E-state index contributed by atoms with van der Waals surface area (Å²) < 4.78 is 1.31. The number of amides is 2. The van der Waals surface area contributed by atoms with Gasteiger partial charge in [-0.15, -0.1) is 45.3 Å². The lowest BCUT2D eigenvalue weighted by molar-refractivity contribution is -0.122. The van der Waals surface area contributed by atoms with Gasteiger partial charge in [0.25, 0.3) is 11.8 Å². The molecule has 1 aliphatic carbocycles. The summed E-state index contributed by atoms with van der Waals surface area (Å²) >= 11 is 21.5. The zero-order chi connectivity index (χ0) is 48.9. The molecule has 12 heteroatoms. The predicted molar refractivity (Wildman–Crippen MR) is 319 cm³/mol. The molecule has 370 valence electrons. The number of unbranched alkanes of at least 4 members (excludes halogenated alkanes) is 12. The number of thiocarbonyl (C=S) groups is 2. The Labute approximate surface area is 449 Å². The van der Waals surface area contributed by atoms with Gasteiger partial charge in [-0.25, -0.2) is 0 Å². The quantitative estimate of drug-likeness (QED) is 0.0321. The number of thiophene rings is 4. The maximum atomic E-state index is 13.2. The van der Waals surface area contributed by atoms with Crippen LogP contribution in [0.15, 0.2) is 34.1 Å².